The molecule has 140 valence electrons. The molecule has 1 atom stereocenters. The second-order valence-electron chi connectivity index (χ2n) is 6.39. The van der Waals surface area contributed by atoms with Crippen LogP contribution in [-0.2, 0) is 16.1 Å². The molecule has 1 aliphatic heterocycles. The van der Waals surface area contributed by atoms with Crippen molar-refractivity contribution in [2.24, 2.45) is 0 Å². The van der Waals surface area contributed by atoms with Crippen molar-refractivity contribution in [2.45, 2.75) is 12.6 Å². The van der Waals surface area contributed by atoms with Gasteiger partial charge in [0.1, 0.15) is 0 Å². The number of ether oxygens (including phenoxy) is 1. The van der Waals surface area contributed by atoms with E-state index in [1.165, 1.54) is 0 Å². The molecule has 0 bridgehead atoms. The third-order valence-corrected chi connectivity index (χ3v) is 4.71. The van der Waals surface area contributed by atoms with Gasteiger partial charge in [-0.25, -0.2) is 4.79 Å². The van der Waals surface area contributed by atoms with Gasteiger partial charge in [-0.1, -0.05) is 66.2 Å². The average molecular weight is 393 g/mol. The molecule has 6 heteroatoms. The number of nitrogens with one attached hydrogen (secondary N) is 1. The van der Waals surface area contributed by atoms with E-state index in [0.717, 1.165) is 11.3 Å². The Morgan fingerprint density at radius 3 is 2.54 bits per heavy atom. The Morgan fingerprint density at radius 2 is 1.75 bits per heavy atom. The monoisotopic (exact) mass is 392 g/mol. The van der Waals surface area contributed by atoms with E-state index in [4.69, 9.17) is 16.3 Å². The number of hydrogen-bond donors (Lipinski definition) is 1. The Kier molecular flexibility index (Phi) is 5.00. The average Bonchev–Trinajstić information content (AvgIpc) is 2.95. The van der Waals surface area contributed by atoms with Crippen LogP contribution < -0.4 is 10.2 Å². The summed E-state index contributed by atoms with van der Waals surface area (Å²) >= 11 is 5.93. The molecule has 1 N–H and O–H groups in total. The lowest BCUT2D eigenvalue weighted by atomic mass is 10.1. The van der Waals surface area contributed by atoms with Crippen LogP contribution in [0.4, 0.5) is 16.2 Å². The van der Waals surface area contributed by atoms with Crippen molar-refractivity contribution in [1.82, 2.24) is 0 Å². The zero-order valence-electron chi connectivity index (χ0n) is 14.8. The Hall–Kier alpha value is -3.31. The Morgan fingerprint density at radius 1 is 1.00 bits per heavy atom. The highest BCUT2D eigenvalue weighted by Gasteiger charge is 2.39. The Labute approximate surface area is 167 Å². The minimum atomic E-state index is -0.987. The molecule has 0 aliphatic carbocycles. The van der Waals surface area contributed by atoms with Crippen molar-refractivity contribution in [2.75, 3.05) is 10.2 Å². The molecule has 0 spiro atoms. The van der Waals surface area contributed by atoms with Gasteiger partial charge in [-0.15, -0.1) is 0 Å². The van der Waals surface area contributed by atoms with Gasteiger partial charge in [0.25, 0.3) is 5.91 Å². The molecule has 0 aromatic heterocycles. The third-order valence-electron chi connectivity index (χ3n) is 4.48. The van der Waals surface area contributed by atoms with Crippen LogP contribution in [0.25, 0.3) is 0 Å². The summed E-state index contributed by atoms with van der Waals surface area (Å²) in [5.74, 6) is -0.272. The van der Waals surface area contributed by atoms with Gasteiger partial charge >= 0.3 is 6.09 Å². The first-order valence-corrected chi connectivity index (χ1v) is 9.17. The predicted molar refractivity (Wildman–Crippen MR) is 108 cm³/mol. The Bertz CT molecular complexity index is 1020. The molecule has 0 saturated heterocycles. The first kappa shape index (κ1) is 18.1. The van der Waals surface area contributed by atoms with E-state index in [1.54, 1.807) is 35.2 Å². The largest absolute Gasteiger partial charge is 0.431 e. The molecular formula is C22H17ClN2O3. The van der Waals surface area contributed by atoms with E-state index in [9.17, 15) is 9.59 Å². The number of nitrogens with zero attached hydrogens (tertiary/aromatic N) is 1. The van der Waals surface area contributed by atoms with Crippen molar-refractivity contribution in [3.05, 3.63) is 95.0 Å². The number of carbonyl (C=O) groups is 2. The normalized spacial score (nSPS) is 15.2. The summed E-state index contributed by atoms with van der Waals surface area (Å²) in [6.07, 6.45) is -1.70. The summed E-state index contributed by atoms with van der Waals surface area (Å²) in [6, 6.07) is 23.7. The van der Waals surface area contributed by atoms with Crippen molar-refractivity contribution >= 4 is 35.0 Å². The maximum atomic E-state index is 13.0. The van der Waals surface area contributed by atoms with Gasteiger partial charge in [-0.05, 0) is 29.8 Å². The zero-order valence-corrected chi connectivity index (χ0v) is 15.6. The standard InChI is InChI=1S/C22H17ClN2O3/c23-16-9-6-10-17(13-16)24-22(27)28-20-18-11-4-5-12-19(18)25(21(20)26)14-15-7-2-1-3-8-15/h1-13,20H,14H2,(H,24,27). The van der Waals surface area contributed by atoms with Crippen LogP contribution >= 0.6 is 11.6 Å². The predicted octanol–water partition coefficient (Wildman–Crippen LogP) is 5.18. The van der Waals surface area contributed by atoms with Gasteiger partial charge in [0.2, 0.25) is 6.10 Å². The lowest BCUT2D eigenvalue weighted by molar-refractivity contribution is -0.125. The van der Waals surface area contributed by atoms with Crippen molar-refractivity contribution in [1.29, 1.82) is 0 Å². The van der Waals surface area contributed by atoms with Crippen LogP contribution in [0.3, 0.4) is 0 Å². The molecular weight excluding hydrogens is 376 g/mol. The van der Waals surface area contributed by atoms with Gasteiger partial charge in [0, 0.05) is 16.3 Å². The second kappa shape index (κ2) is 7.74. The van der Waals surface area contributed by atoms with Crippen LogP contribution in [0.2, 0.25) is 5.02 Å². The molecule has 2 amide bonds. The molecule has 5 nitrogen and oxygen atoms in total. The molecule has 0 fully saturated rings. The van der Waals surface area contributed by atoms with Crippen molar-refractivity contribution in [3.8, 4) is 0 Å². The fourth-order valence-corrected chi connectivity index (χ4v) is 3.40. The number of carbonyl (C=O) groups excluding carboxylic acids is 2. The van der Waals surface area contributed by atoms with E-state index < -0.39 is 12.2 Å². The first-order chi connectivity index (χ1) is 13.6. The number of para-hydroxylation sites is 1. The number of fused-ring (bicyclic) bond motifs is 1. The first-order valence-electron chi connectivity index (χ1n) is 8.79. The Balaban J connectivity index is 1.54. The van der Waals surface area contributed by atoms with Crippen LogP contribution in [0.15, 0.2) is 78.9 Å². The topological polar surface area (TPSA) is 58.6 Å². The highest BCUT2D eigenvalue weighted by Crippen LogP contribution is 2.39. The van der Waals surface area contributed by atoms with Gasteiger partial charge in [0.15, 0.2) is 0 Å². The molecule has 1 aliphatic rings. The van der Waals surface area contributed by atoms with Crippen LogP contribution in [0.5, 0.6) is 0 Å². The van der Waals surface area contributed by atoms with E-state index in [2.05, 4.69) is 5.32 Å². The molecule has 3 aromatic carbocycles. The molecule has 0 radical (unpaired) electrons. The molecule has 1 unspecified atom stereocenters. The SMILES string of the molecule is O=C(Nc1cccc(Cl)c1)OC1C(=O)N(Cc2ccccc2)c2ccccc21. The number of benzene rings is 3. The van der Waals surface area contributed by atoms with Crippen LogP contribution in [-0.4, -0.2) is 12.0 Å². The van der Waals surface area contributed by atoms with Crippen LogP contribution in [0, 0.1) is 0 Å². The van der Waals surface area contributed by atoms with Gasteiger partial charge in [-0.3, -0.25) is 10.1 Å². The summed E-state index contributed by atoms with van der Waals surface area (Å²) in [5, 5.41) is 3.10. The van der Waals surface area contributed by atoms with Crippen molar-refractivity contribution < 1.29 is 14.3 Å². The third kappa shape index (κ3) is 3.70. The number of amides is 2. The second-order valence-corrected chi connectivity index (χ2v) is 6.83. The molecule has 1 heterocycles. The van der Waals surface area contributed by atoms with E-state index in [-0.39, 0.29) is 5.91 Å². The fraction of sp³-hybridized carbons (Fsp3) is 0.0909. The van der Waals surface area contributed by atoms with E-state index in [0.29, 0.717) is 22.8 Å². The van der Waals surface area contributed by atoms with Gasteiger partial charge in [-0.2, -0.15) is 0 Å². The maximum Gasteiger partial charge on any atom is 0.412 e. The zero-order chi connectivity index (χ0) is 19.5. The number of hydrogen-bond acceptors (Lipinski definition) is 3. The molecule has 4 rings (SSSR count). The van der Waals surface area contributed by atoms with Crippen molar-refractivity contribution in [3.63, 3.8) is 0 Å². The summed E-state index contributed by atoms with van der Waals surface area (Å²) in [6.45, 7) is 0.409. The van der Waals surface area contributed by atoms with Gasteiger partial charge in [0.05, 0.1) is 12.2 Å². The molecule has 28 heavy (non-hydrogen) atoms. The van der Waals surface area contributed by atoms with E-state index in [1.807, 2.05) is 48.5 Å². The minimum Gasteiger partial charge on any atom is -0.431 e. The fourth-order valence-electron chi connectivity index (χ4n) is 3.21. The van der Waals surface area contributed by atoms with Gasteiger partial charge < -0.3 is 9.64 Å². The summed E-state index contributed by atoms with van der Waals surface area (Å²) in [7, 11) is 0. The number of anilines is 2. The number of halogens is 1. The minimum absolute atomic E-state index is 0.272. The summed E-state index contributed by atoms with van der Waals surface area (Å²) in [5.41, 5.74) is 2.91. The summed E-state index contributed by atoms with van der Waals surface area (Å²) < 4.78 is 5.48. The quantitative estimate of drug-likeness (QED) is 0.665. The lowest BCUT2D eigenvalue weighted by Crippen LogP contribution is -2.30. The maximum absolute atomic E-state index is 13.0. The van der Waals surface area contributed by atoms with Crippen LogP contribution in [0.1, 0.15) is 17.2 Å². The smallest absolute Gasteiger partial charge is 0.412 e. The molecule has 3 aromatic rings. The number of rotatable bonds is 4. The summed E-state index contributed by atoms with van der Waals surface area (Å²) in [4.78, 5) is 27.0. The van der Waals surface area contributed by atoms with E-state index >= 15 is 0 Å². The highest BCUT2D eigenvalue weighted by molar-refractivity contribution is 6.30. The lowest BCUT2D eigenvalue weighted by Gasteiger charge is -2.18. The highest BCUT2D eigenvalue weighted by atomic mass is 35.5. The molecule has 0 saturated carbocycles.